The highest BCUT2D eigenvalue weighted by Crippen LogP contribution is 2.33. The van der Waals surface area contributed by atoms with E-state index in [1.807, 2.05) is 0 Å². The fourth-order valence-electron chi connectivity index (χ4n) is 3.69. The quantitative estimate of drug-likeness (QED) is 0.442. The van der Waals surface area contributed by atoms with Gasteiger partial charge in [0.25, 0.3) is 0 Å². The van der Waals surface area contributed by atoms with Gasteiger partial charge in [-0.15, -0.1) is 0 Å². The van der Waals surface area contributed by atoms with Gasteiger partial charge in [0, 0.05) is 42.5 Å². The average molecular weight is 511 g/mol. The lowest BCUT2D eigenvalue weighted by atomic mass is 9.98. The number of fused-ring (bicyclic) bond motifs is 1. The molecule has 0 spiro atoms. The Balaban J connectivity index is 1.57. The van der Waals surface area contributed by atoms with E-state index in [1.54, 1.807) is 40.5 Å². The summed E-state index contributed by atoms with van der Waals surface area (Å²) in [5, 5.41) is 4.09. The summed E-state index contributed by atoms with van der Waals surface area (Å²) >= 11 is 0. The molecule has 3 heterocycles. The van der Waals surface area contributed by atoms with Gasteiger partial charge in [-0.1, -0.05) is 6.08 Å². The van der Waals surface area contributed by atoms with Crippen LogP contribution in [0, 0.1) is 0 Å². The number of halogens is 6. The Hall–Kier alpha value is -3.94. The number of alkyl halides is 6. The maximum atomic E-state index is 13.0. The maximum Gasteiger partial charge on any atom is 0.451 e. The number of carbonyl (C=O) groups excluding carboxylic acids is 1. The highest BCUT2D eigenvalue weighted by molar-refractivity contribution is 5.90. The van der Waals surface area contributed by atoms with Crippen LogP contribution in [0.2, 0.25) is 0 Å². The molecule has 0 fully saturated rings. The first-order valence-corrected chi connectivity index (χ1v) is 10.5. The standard InChI is InChI=1S/C22H19F6N7O/c23-21(24,25)11-32-20(36)33-15-6-12(9-29)5-14(7-15)17-10-31-18-8-13(2-4-35(17)18)16-1-3-30-19(34-16)22(26,27)28/h1-7,10,13H,8-9,11,29H2,(H2,32,33,36). The van der Waals surface area contributed by atoms with Crippen molar-refractivity contribution in [2.24, 2.45) is 5.73 Å². The molecule has 1 unspecified atom stereocenters. The van der Waals surface area contributed by atoms with Crippen LogP contribution in [0.5, 0.6) is 0 Å². The fraction of sp³-hybridized carbons (Fsp3) is 0.273. The van der Waals surface area contributed by atoms with Crippen molar-refractivity contribution < 1.29 is 31.1 Å². The van der Waals surface area contributed by atoms with Crippen molar-refractivity contribution >= 4 is 17.9 Å². The molecule has 8 nitrogen and oxygen atoms in total. The average Bonchev–Trinajstić information content (AvgIpc) is 3.25. The number of nitrogens with zero attached hydrogens (tertiary/aromatic N) is 4. The molecule has 1 aromatic carbocycles. The van der Waals surface area contributed by atoms with Gasteiger partial charge in [0.2, 0.25) is 5.82 Å². The lowest BCUT2D eigenvalue weighted by Crippen LogP contribution is -2.36. The molecule has 1 aliphatic rings. The first-order chi connectivity index (χ1) is 16.9. The van der Waals surface area contributed by atoms with Crippen LogP contribution in [0.3, 0.4) is 0 Å². The van der Waals surface area contributed by atoms with E-state index in [4.69, 9.17) is 5.73 Å². The molecule has 1 atom stereocenters. The van der Waals surface area contributed by atoms with E-state index < -0.39 is 36.7 Å². The zero-order valence-corrected chi connectivity index (χ0v) is 18.4. The second kappa shape index (κ2) is 9.60. The van der Waals surface area contributed by atoms with E-state index in [-0.39, 0.29) is 24.3 Å². The molecule has 3 aromatic rings. The number of nitrogens with two attached hydrogens (primary N) is 1. The van der Waals surface area contributed by atoms with E-state index in [0.717, 1.165) is 6.20 Å². The van der Waals surface area contributed by atoms with E-state index in [2.05, 4.69) is 20.3 Å². The number of hydrogen-bond donors (Lipinski definition) is 3. The molecule has 14 heteroatoms. The lowest BCUT2D eigenvalue weighted by Gasteiger charge is -2.19. The molecule has 0 saturated carbocycles. The molecule has 1 aliphatic heterocycles. The molecule has 0 aliphatic carbocycles. The highest BCUT2D eigenvalue weighted by atomic mass is 19.4. The third-order valence-corrected chi connectivity index (χ3v) is 5.29. The minimum atomic E-state index is -4.66. The number of imidazole rings is 1. The van der Waals surface area contributed by atoms with Crippen molar-refractivity contribution in [2.75, 3.05) is 11.9 Å². The SMILES string of the molecule is NCc1cc(NC(=O)NCC(F)(F)F)cc(-c2cnc3n2C=CC(c2ccnc(C(F)(F)F)n2)C3)c1. The number of carbonyl (C=O) groups is 1. The minimum Gasteiger partial charge on any atom is -0.329 e. The van der Waals surface area contributed by atoms with Crippen molar-refractivity contribution in [1.29, 1.82) is 0 Å². The normalized spacial score (nSPS) is 15.5. The number of benzene rings is 1. The van der Waals surface area contributed by atoms with Crippen molar-refractivity contribution in [3.8, 4) is 11.3 Å². The Morgan fingerprint density at radius 2 is 1.92 bits per heavy atom. The maximum absolute atomic E-state index is 13.0. The second-order valence-corrected chi connectivity index (χ2v) is 7.93. The molecule has 2 amide bonds. The summed E-state index contributed by atoms with van der Waals surface area (Å²) in [6.45, 7) is -1.39. The predicted octanol–water partition coefficient (Wildman–Crippen LogP) is 4.31. The zero-order chi connectivity index (χ0) is 26.1. The van der Waals surface area contributed by atoms with Gasteiger partial charge < -0.3 is 20.9 Å². The minimum absolute atomic E-state index is 0.0981. The van der Waals surface area contributed by atoms with Crippen LogP contribution in [0.1, 0.15) is 28.8 Å². The molecule has 190 valence electrons. The highest BCUT2D eigenvalue weighted by Gasteiger charge is 2.35. The molecule has 2 aromatic heterocycles. The zero-order valence-electron chi connectivity index (χ0n) is 18.4. The summed E-state index contributed by atoms with van der Waals surface area (Å²) < 4.78 is 77.8. The largest absolute Gasteiger partial charge is 0.451 e. The number of anilines is 1. The van der Waals surface area contributed by atoms with Gasteiger partial charge in [-0.05, 0) is 29.8 Å². The van der Waals surface area contributed by atoms with Gasteiger partial charge >= 0.3 is 18.4 Å². The summed E-state index contributed by atoms with van der Waals surface area (Å²) in [4.78, 5) is 23.2. The summed E-state index contributed by atoms with van der Waals surface area (Å²) in [5.74, 6) is -1.12. The first kappa shape index (κ1) is 25.2. The first-order valence-electron chi connectivity index (χ1n) is 10.5. The molecule has 4 rings (SSSR count). The summed E-state index contributed by atoms with van der Waals surface area (Å²) in [5.41, 5.74) is 7.94. The van der Waals surface area contributed by atoms with Crippen LogP contribution >= 0.6 is 0 Å². The van der Waals surface area contributed by atoms with Gasteiger partial charge in [0.05, 0.1) is 17.6 Å². The lowest BCUT2D eigenvalue weighted by molar-refractivity contribution is -0.145. The topological polar surface area (TPSA) is 111 Å². The number of allylic oxidation sites excluding steroid dienone is 1. The molecule has 0 radical (unpaired) electrons. The molecule has 4 N–H and O–H groups in total. The van der Waals surface area contributed by atoms with Gasteiger partial charge in [-0.3, -0.25) is 0 Å². The third-order valence-electron chi connectivity index (χ3n) is 5.29. The van der Waals surface area contributed by atoms with Gasteiger partial charge in [-0.2, -0.15) is 26.3 Å². The number of aromatic nitrogens is 4. The predicted molar refractivity (Wildman–Crippen MR) is 117 cm³/mol. The number of hydrogen-bond acceptors (Lipinski definition) is 5. The van der Waals surface area contributed by atoms with E-state index in [9.17, 15) is 31.1 Å². The van der Waals surface area contributed by atoms with Crippen LogP contribution in [0.15, 0.2) is 42.7 Å². The number of nitrogens with one attached hydrogen (secondary N) is 2. The summed E-state index contributed by atoms with van der Waals surface area (Å²) in [7, 11) is 0. The molecule has 0 bridgehead atoms. The summed E-state index contributed by atoms with van der Waals surface area (Å²) in [6, 6.07) is 5.20. The smallest absolute Gasteiger partial charge is 0.329 e. The van der Waals surface area contributed by atoms with Gasteiger partial charge in [-0.25, -0.2) is 19.7 Å². The van der Waals surface area contributed by atoms with Gasteiger partial charge in [0.15, 0.2) is 0 Å². The van der Waals surface area contributed by atoms with Crippen molar-refractivity contribution in [2.45, 2.75) is 31.2 Å². The van der Waals surface area contributed by atoms with Crippen LogP contribution in [0.4, 0.5) is 36.8 Å². The Labute approximate surface area is 200 Å². The number of rotatable bonds is 5. The Morgan fingerprint density at radius 3 is 2.61 bits per heavy atom. The fourth-order valence-corrected chi connectivity index (χ4v) is 3.69. The molecular formula is C22H19F6N7O. The molecular weight excluding hydrogens is 492 g/mol. The monoisotopic (exact) mass is 511 g/mol. The Bertz CT molecular complexity index is 1300. The van der Waals surface area contributed by atoms with Crippen LogP contribution in [-0.2, 0) is 19.1 Å². The van der Waals surface area contributed by atoms with E-state index >= 15 is 0 Å². The number of amides is 2. The van der Waals surface area contributed by atoms with Crippen molar-refractivity contribution in [1.82, 2.24) is 24.8 Å². The number of urea groups is 1. The third kappa shape index (κ3) is 5.82. The van der Waals surface area contributed by atoms with E-state index in [0.29, 0.717) is 22.6 Å². The van der Waals surface area contributed by atoms with Crippen molar-refractivity contribution in [3.63, 3.8) is 0 Å². The van der Waals surface area contributed by atoms with Crippen LogP contribution in [0.25, 0.3) is 17.5 Å². The second-order valence-electron chi connectivity index (χ2n) is 7.93. The Kier molecular flexibility index (Phi) is 6.71. The van der Waals surface area contributed by atoms with Crippen LogP contribution in [-0.4, -0.2) is 38.3 Å². The van der Waals surface area contributed by atoms with Crippen molar-refractivity contribution in [3.05, 3.63) is 65.6 Å². The molecule has 36 heavy (non-hydrogen) atoms. The summed E-state index contributed by atoms with van der Waals surface area (Å²) in [6.07, 6.45) is -3.00. The van der Waals surface area contributed by atoms with E-state index in [1.165, 1.54) is 12.1 Å². The van der Waals surface area contributed by atoms with Gasteiger partial charge in [0.1, 0.15) is 12.4 Å². The Morgan fingerprint density at radius 1 is 1.14 bits per heavy atom. The van der Waals surface area contributed by atoms with Crippen LogP contribution < -0.4 is 16.4 Å². The molecule has 0 saturated heterocycles.